The highest BCUT2D eigenvalue weighted by atomic mass is 32.2. The van der Waals surface area contributed by atoms with Crippen molar-refractivity contribution < 1.29 is 36.7 Å². The third-order valence-electron chi connectivity index (χ3n) is 10.7. The Morgan fingerprint density at radius 3 is 1.86 bits per heavy atom. The molecule has 3 rings (SSSR count). The van der Waals surface area contributed by atoms with Gasteiger partial charge in [0.05, 0.1) is 17.4 Å². The molecular weight excluding hydrogens is 668 g/mol. The third-order valence-corrected chi connectivity index (χ3v) is 12.6. The Hall–Kier alpha value is -1.90. The lowest BCUT2D eigenvalue weighted by molar-refractivity contribution is -0.143. The van der Waals surface area contributed by atoms with E-state index in [0.29, 0.717) is 45.3 Å². The number of amides is 3. The lowest BCUT2D eigenvalue weighted by Crippen LogP contribution is -2.55. The number of aliphatic hydroxyl groups is 1. The van der Waals surface area contributed by atoms with E-state index >= 15 is 0 Å². The predicted octanol–water partition coefficient (Wildman–Crippen LogP) is 4.35. The van der Waals surface area contributed by atoms with Gasteiger partial charge in [-0.15, -0.1) is 4.83 Å². The molecule has 0 spiro atoms. The largest absolute Gasteiger partial charge is 0.390 e. The zero-order chi connectivity index (χ0) is 37.0. The van der Waals surface area contributed by atoms with Gasteiger partial charge in [-0.05, 0) is 76.5 Å². The SMILES string of the molecule is CCCN(CC(O)C(CC1CC(F)CC(F)C1)NC(=O)C1CC(C(=O)N(C)C)CC(C(=O)N(CCC)CCC)C1)NS(=O)(=O)C1CCCCC1. The van der Waals surface area contributed by atoms with E-state index in [1.807, 2.05) is 25.7 Å². The van der Waals surface area contributed by atoms with Crippen LogP contribution in [0.3, 0.4) is 0 Å². The number of rotatable bonds is 18. The number of carbonyl (C=O) groups is 3. The molecule has 3 aliphatic carbocycles. The van der Waals surface area contributed by atoms with Gasteiger partial charge in [-0.25, -0.2) is 22.2 Å². The van der Waals surface area contributed by atoms with Crippen LogP contribution >= 0.6 is 0 Å². The van der Waals surface area contributed by atoms with Gasteiger partial charge in [0.2, 0.25) is 27.7 Å². The standard InChI is InChI=1S/C36H65F2N5O6S/c1-6-14-42(15-7-2)36(47)28-21-26(20-27(22-28)35(46)41(4)5)34(45)39-32(19-25-17-29(37)23-30(38)18-25)33(44)24-43(16-8-3)40-50(48,49)31-12-10-9-11-13-31/h25-33,40,44H,6-24H2,1-5H3,(H,39,45). The van der Waals surface area contributed by atoms with Crippen LogP contribution in [0, 0.1) is 23.7 Å². The Morgan fingerprint density at radius 2 is 1.32 bits per heavy atom. The number of halogens is 2. The molecule has 7 unspecified atom stereocenters. The second-order valence-corrected chi connectivity index (χ2v) is 17.3. The number of hydrazine groups is 1. The summed E-state index contributed by atoms with van der Waals surface area (Å²) in [6.07, 6.45) is 3.07. The molecule has 3 aliphatic rings. The number of alkyl halides is 2. The highest BCUT2D eigenvalue weighted by molar-refractivity contribution is 7.90. The molecule has 0 heterocycles. The van der Waals surface area contributed by atoms with E-state index < -0.39 is 69.3 Å². The van der Waals surface area contributed by atoms with Crippen LogP contribution in [0.5, 0.6) is 0 Å². The van der Waals surface area contributed by atoms with E-state index in [-0.39, 0.29) is 56.9 Å². The highest BCUT2D eigenvalue weighted by Gasteiger charge is 2.42. The van der Waals surface area contributed by atoms with Crippen LogP contribution < -0.4 is 10.1 Å². The second kappa shape index (κ2) is 20.4. The fourth-order valence-corrected chi connectivity index (χ4v) is 9.94. The highest BCUT2D eigenvalue weighted by Crippen LogP contribution is 2.37. The third kappa shape index (κ3) is 12.6. The quantitative estimate of drug-likeness (QED) is 0.178. The number of aliphatic hydroxyl groups excluding tert-OH is 1. The summed E-state index contributed by atoms with van der Waals surface area (Å²) in [6.45, 7) is 7.26. The van der Waals surface area contributed by atoms with Crippen LogP contribution in [0.2, 0.25) is 0 Å². The first-order chi connectivity index (χ1) is 23.7. The summed E-state index contributed by atoms with van der Waals surface area (Å²) >= 11 is 0. The van der Waals surface area contributed by atoms with Crippen LogP contribution in [0.4, 0.5) is 8.78 Å². The maximum absolute atomic E-state index is 14.5. The Balaban J connectivity index is 1.85. The summed E-state index contributed by atoms with van der Waals surface area (Å²) in [5, 5.41) is 15.6. The number of sulfonamides is 1. The molecule has 0 saturated heterocycles. The van der Waals surface area contributed by atoms with Crippen molar-refractivity contribution >= 4 is 27.7 Å². The average molecular weight is 734 g/mol. The average Bonchev–Trinajstić information content (AvgIpc) is 3.06. The second-order valence-electron chi connectivity index (χ2n) is 15.4. The molecule has 0 aromatic rings. The minimum atomic E-state index is -3.70. The summed E-state index contributed by atoms with van der Waals surface area (Å²) in [5.74, 6) is -2.84. The Bertz CT molecular complexity index is 1170. The Morgan fingerprint density at radius 1 is 0.780 bits per heavy atom. The maximum Gasteiger partial charge on any atom is 0.227 e. The molecule has 3 saturated carbocycles. The van der Waals surface area contributed by atoms with Crippen LogP contribution in [-0.2, 0) is 24.4 Å². The van der Waals surface area contributed by atoms with E-state index in [4.69, 9.17) is 0 Å². The minimum Gasteiger partial charge on any atom is -0.390 e. The van der Waals surface area contributed by atoms with Gasteiger partial charge in [0, 0.05) is 64.4 Å². The molecule has 3 fully saturated rings. The number of carbonyl (C=O) groups excluding carboxylic acids is 3. The van der Waals surface area contributed by atoms with Crippen molar-refractivity contribution in [2.24, 2.45) is 23.7 Å². The molecule has 11 nitrogen and oxygen atoms in total. The predicted molar refractivity (Wildman–Crippen MR) is 191 cm³/mol. The number of nitrogens with zero attached hydrogens (tertiary/aromatic N) is 3. The monoisotopic (exact) mass is 733 g/mol. The van der Waals surface area contributed by atoms with E-state index in [1.165, 1.54) is 9.91 Å². The lowest BCUT2D eigenvalue weighted by Gasteiger charge is -2.38. The van der Waals surface area contributed by atoms with Gasteiger partial charge in [0.15, 0.2) is 0 Å². The van der Waals surface area contributed by atoms with E-state index in [0.717, 1.165) is 32.1 Å². The van der Waals surface area contributed by atoms with Gasteiger partial charge in [0.1, 0.15) is 12.3 Å². The van der Waals surface area contributed by atoms with Crippen molar-refractivity contribution in [3.8, 4) is 0 Å². The summed E-state index contributed by atoms with van der Waals surface area (Å²) in [4.78, 5) is 47.1. The van der Waals surface area contributed by atoms with Crippen LogP contribution in [0.25, 0.3) is 0 Å². The molecule has 290 valence electrons. The summed E-state index contributed by atoms with van der Waals surface area (Å²) < 4.78 is 55.6. The molecule has 3 N–H and O–H groups in total. The van der Waals surface area contributed by atoms with Gasteiger partial charge in [-0.3, -0.25) is 14.4 Å². The van der Waals surface area contributed by atoms with Crippen molar-refractivity contribution in [2.45, 2.75) is 147 Å². The molecule has 50 heavy (non-hydrogen) atoms. The number of hydrogen-bond acceptors (Lipinski definition) is 7. The van der Waals surface area contributed by atoms with Crippen LogP contribution in [0.15, 0.2) is 0 Å². The Kier molecular flexibility index (Phi) is 17.3. The molecule has 7 atom stereocenters. The zero-order valence-corrected chi connectivity index (χ0v) is 31.9. The van der Waals surface area contributed by atoms with Crippen molar-refractivity contribution in [3.05, 3.63) is 0 Å². The van der Waals surface area contributed by atoms with Gasteiger partial charge in [0.25, 0.3) is 0 Å². The van der Waals surface area contributed by atoms with Gasteiger partial charge < -0.3 is 20.2 Å². The first kappa shape index (κ1) is 42.5. The lowest BCUT2D eigenvalue weighted by atomic mass is 9.73. The van der Waals surface area contributed by atoms with E-state index in [9.17, 15) is 36.7 Å². The smallest absolute Gasteiger partial charge is 0.227 e. The van der Waals surface area contributed by atoms with Crippen LogP contribution in [0.1, 0.15) is 117 Å². The van der Waals surface area contributed by atoms with Crippen molar-refractivity contribution in [2.75, 3.05) is 40.3 Å². The van der Waals surface area contributed by atoms with E-state index in [1.54, 1.807) is 14.1 Å². The topological polar surface area (TPSA) is 139 Å². The van der Waals surface area contributed by atoms with E-state index in [2.05, 4.69) is 10.1 Å². The van der Waals surface area contributed by atoms with Crippen molar-refractivity contribution in [3.63, 3.8) is 0 Å². The number of hydrogen-bond donors (Lipinski definition) is 3. The van der Waals surface area contributed by atoms with Crippen LogP contribution in [-0.4, -0.2) is 116 Å². The molecule has 0 aliphatic heterocycles. The summed E-state index contributed by atoms with van der Waals surface area (Å²) in [5.41, 5.74) is 0. The minimum absolute atomic E-state index is 0.0648. The fourth-order valence-electron chi connectivity index (χ4n) is 8.31. The first-order valence-electron chi connectivity index (χ1n) is 19.2. The zero-order valence-electron chi connectivity index (χ0n) is 31.1. The molecule has 3 amide bonds. The van der Waals surface area contributed by atoms with Crippen molar-refractivity contribution in [1.82, 2.24) is 25.0 Å². The molecule has 14 heteroatoms. The summed E-state index contributed by atoms with van der Waals surface area (Å²) in [6, 6.07) is -0.931. The summed E-state index contributed by atoms with van der Waals surface area (Å²) in [7, 11) is -0.396. The molecule has 0 aromatic carbocycles. The van der Waals surface area contributed by atoms with Gasteiger partial charge >= 0.3 is 0 Å². The molecule has 0 bridgehead atoms. The van der Waals surface area contributed by atoms with Crippen molar-refractivity contribution in [1.29, 1.82) is 0 Å². The molecular formula is C36H65F2N5O6S. The molecule has 0 radical (unpaired) electrons. The number of nitrogens with one attached hydrogen (secondary N) is 2. The molecule has 0 aromatic heterocycles. The fraction of sp³-hybridized carbons (Fsp3) is 0.917. The maximum atomic E-state index is 14.5. The normalized spacial score (nSPS) is 27.8. The van der Waals surface area contributed by atoms with Gasteiger partial charge in [-0.2, -0.15) is 0 Å². The van der Waals surface area contributed by atoms with Gasteiger partial charge in [-0.1, -0.05) is 40.0 Å². The Labute approximate surface area is 299 Å². The first-order valence-corrected chi connectivity index (χ1v) is 20.8.